The lowest BCUT2D eigenvalue weighted by atomic mass is 9.72. The second-order valence-corrected chi connectivity index (χ2v) is 10.2. The lowest BCUT2D eigenvalue weighted by Crippen LogP contribution is -2.43. The Morgan fingerprint density at radius 3 is 2.39 bits per heavy atom. The molecule has 0 aliphatic carbocycles. The topological polar surface area (TPSA) is 32.7 Å². The Bertz CT molecular complexity index is 998. The van der Waals surface area contributed by atoms with Crippen molar-refractivity contribution in [3.8, 4) is 0 Å². The summed E-state index contributed by atoms with van der Waals surface area (Å²) in [6, 6.07) is 11.2. The third-order valence-corrected chi connectivity index (χ3v) is 6.73. The molecule has 2 unspecified atom stereocenters. The zero-order valence-corrected chi connectivity index (χ0v) is 20.7. The minimum absolute atomic E-state index is 0.00888. The van der Waals surface area contributed by atoms with Gasteiger partial charge in [0.25, 0.3) is 0 Å². The van der Waals surface area contributed by atoms with Crippen LogP contribution in [-0.4, -0.2) is 36.3 Å². The summed E-state index contributed by atoms with van der Waals surface area (Å²) >= 11 is 4.85. The highest BCUT2D eigenvalue weighted by molar-refractivity contribution is 7.84. The van der Waals surface area contributed by atoms with Crippen LogP contribution >= 0.6 is 12.6 Å². The Morgan fingerprint density at radius 1 is 1.23 bits per heavy atom. The molecule has 0 saturated carbocycles. The van der Waals surface area contributed by atoms with Gasteiger partial charge >= 0.3 is 0 Å². The zero-order valence-electron chi connectivity index (χ0n) is 19.8. The van der Waals surface area contributed by atoms with E-state index in [1.54, 1.807) is 7.11 Å². The van der Waals surface area contributed by atoms with Crippen LogP contribution < -0.4 is 0 Å². The minimum Gasteiger partial charge on any atom is -0.502 e. The molecule has 1 N–H and O–H groups in total. The molecule has 2 aromatic rings. The summed E-state index contributed by atoms with van der Waals surface area (Å²) in [6.45, 7) is 16.2. The molecular weight excluding hydrogens is 402 g/mol. The largest absolute Gasteiger partial charge is 0.502 e. The molecule has 3 rings (SSSR count). The van der Waals surface area contributed by atoms with E-state index < -0.39 is 0 Å². The van der Waals surface area contributed by atoms with E-state index in [4.69, 9.17) is 17.4 Å². The van der Waals surface area contributed by atoms with E-state index >= 15 is 0 Å². The Labute approximate surface area is 193 Å². The molecule has 0 fully saturated rings. The fourth-order valence-corrected chi connectivity index (χ4v) is 5.43. The second-order valence-electron chi connectivity index (χ2n) is 9.53. The zero-order chi connectivity index (χ0) is 22.9. The maximum absolute atomic E-state index is 10.0. The quantitative estimate of drug-likeness (QED) is 0.399. The number of aliphatic hydroxyl groups is 1. The Kier molecular flexibility index (Phi) is 7.12. The lowest BCUT2D eigenvalue weighted by molar-refractivity contribution is 0.180. The van der Waals surface area contributed by atoms with Crippen molar-refractivity contribution in [1.82, 2.24) is 4.90 Å². The predicted molar refractivity (Wildman–Crippen MR) is 136 cm³/mol. The number of rotatable bonds is 6. The number of ether oxygens (including phenoxy) is 1. The van der Waals surface area contributed by atoms with Crippen molar-refractivity contribution in [2.75, 3.05) is 20.3 Å². The highest BCUT2D eigenvalue weighted by Crippen LogP contribution is 2.49. The van der Waals surface area contributed by atoms with Crippen molar-refractivity contribution in [2.24, 2.45) is 0 Å². The Hall–Kier alpha value is -1.91. The van der Waals surface area contributed by atoms with Crippen LogP contribution in [0, 0.1) is 0 Å². The summed E-state index contributed by atoms with van der Waals surface area (Å²) in [4.78, 5) is 3.45. The van der Waals surface area contributed by atoms with Gasteiger partial charge in [-0.1, -0.05) is 51.6 Å². The minimum atomic E-state index is 0.00888. The molecule has 0 amide bonds. The molecule has 1 aliphatic rings. The van der Waals surface area contributed by atoms with Crippen molar-refractivity contribution >= 4 is 29.1 Å². The van der Waals surface area contributed by atoms with Crippen LogP contribution in [0.15, 0.2) is 47.6 Å². The first-order valence-electron chi connectivity index (χ1n) is 11.2. The summed E-state index contributed by atoms with van der Waals surface area (Å²) in [7, 11) is 1.68. The number of methoxy groups -OCH3 is 1. The number of hydrogen-bond donors (Lipinski definition) is 2. The SMILES string of the molecule is C=C(CC1C(CCO)c2c(cc(C(C)(C)C)c3ccccc23)/C(=C(/C)S)N1CC)OC. The van der Waals surface area contributed by atoms with Gasteiger partial charge in [-0.2, -0.15) is 0 Å². The molecule has 0 spiro atoms. The van der Waals surface area contributed by atoms with Crippen LogP contribution in [-0.2, 0) is 10.2 Å². The van der Waals surface area contributed by atoms with Gasteiger partial charge in [0.05, 0.1) is 18.6 Å². The number of aliphatic hydroxyl groups excluding tert-OH is 1. The van der Waals surface area contributed by atoms with Crippen LogP contribution in [0.1, 0.15) is 70.1 Å². The van der Waals surface area contributed by atoms with Crippen LogP contribution in [0.25, 0.3) is 16.5 Å². The number of likely N-dealkylation sites (N-methyl/N-ethyl adjacent to an activating group) is 1. The monoisotopic (exact) mass is 439 g/mol. The molecule has 0 saturated heterocycles. The standard InChI is InChI=1S/C27H37NO2S/c1-8-28-24(15-17(2)30-7)21(13-14-29)25-20-12-10-9-11-19(20)23(27(4,5)6)16-22(25)26(28)18(3)31/h9-12,16,21,24,29,31H,2,8,13-15H2,1,3-7H3/b26-18+. The Balaban J connectivity index is 2.44. The Morgan fingerprint density at radius 2 is 1.87 bits per heavy atom. The highest BCUT2D eigenvalue weighted by Gasteiger charge is 2.39. The average molecular weight is 440 g/mol. The molecule has 3 nitrogen and oxygen atoms in total. The van der Waals surface area contributed by atoms with Crippen molar-refractivity contribution in [2.45, 2.75) is 64.8 Å². The van der Waals surface area contributed by atoms with Crippen molar-refractivity contribution in [3.63, 3.8) is 0 Å². The maximum atomic E-state index is 10.0. The van der Waals surface area contributed by atoms with Gasteiger partial charge in [-0.25, -0.2) is 0 Å². The number of hydrogen-bond acceptors (Lipinski definition) is 4. The number of fused-ring (bicyclic) bond motifs is 3. The number of benzene rings is 2. The summed E-state index contributed by atoms with van der Waals surface area (Å²) < 4.78 is 5.49. The molecular formula is C27H37NO2S. The maximum Gasteiger partial charge on any atom is 0.0904 e. The van der Waals surface area contributed by atoms with E-state index in [0.29, 0.717) is 12.8 Å². The lowest BCUT2D eigenvalue weighted by Gasteiger charge is -2.46. The van der Waals surface area contributed by atoms with Crippen LogP contribution in [0.2, 0.25) is 0 Å². The number of nitrogens with zero attached hydrogens (tertiary/aromatic N) is 1. The van der Waals surface area contributed by atoms with Gasteiger partial charge in [0, 0.05) is 42.0 Å². The molecule has 0 radical (unpaired) electrons. The molecule has 0 bridgehead atoms. The van der Waals surface area contributed by atoms with E-state index in [2.05, 4.69) is 76.4 Å². The van der Waals surface area contributed by atoms with Crippen LogP contribution in [0.3, 0.4) is 0 Å². The second kappa shape index (κ2) is 9.30. The van der Waals surface area contributed by atoms with Gasteiger partial charge in [-0.3, -0.25) is 0 Å². The fourth-order valence-electron chi connectivity index (χ4n) is 5.18. The first-order valence-corrected chi connectivity index (χ1v) is 11.7. The van der Waals surface area contributed by atoms with Gasteiger partial charge in [-0.15, -0.1) is 12.6 Å². The molecule has 0 aromatic heterocycles. The van der Waals surface area contributed by atoms with E-state index in [9.17, 15) is 5.11 Å². The van der Waals surface area contributed by atoms with Gasteiger partial charge in [0.1, 0.15) is 0 Å². The van der Waals surface area contributed by atoms with Gasteiger partial charge < -0.3 is 14.7 Å². The molecule has 168 valence electrons. The average Bonchev–Trinajstić information content (AvgIpc) is 2.72. The third-order valence-electron chi connectivity index (χ3n) is 6.52. The van der Waals surface area contributed by atoms with Gasteiger partial charge in [0.15, 0.2) is 0 Å². The molecule has 2 atom stereocenters. The van der Waals surface area contributed by atoms with E-state index in [1.165, 1.54) is 33.2 Å². The molecule has 2 aromatic carbocycles. The van der Waals surface area contributed by atoms with Crippen molar-refractivity contribution in [1.29, 1.82) is 0 Å². The van der Waals surface area contributed by atoms with E-state index in [0.717, 1.165) is 17.2 Å². The van der Waals surface area contributed by atoms with Crippen molar-refractivity contribution < 1.29 is 9.84 Å². The number of thiol groups is 1. The summed E-state index contributed by atoms with van der Waals surface area (Å²) in [6.07, 6.45) is 1.41. The van der Waals surface area contributed by atoms with Crippen LogP contribution in [0.5, 0.6) is 0 Å². The molecule has 1 heterocycles. The highest BCUT2D eigenvalue weighted by atomic mass is 32.1. The van der Waals surface area contributed by atoms with E-state index in [-0.39, 0.29) is 24.0 Å². The van der Waals surface area contributed by atoms with Gasteiger partial charge in [0.2, 0.25) is 0 Å². The van der Waals surface area contributed by atoms with Crippen LogP contribution in [0.4, 0.5) is 0 Å². The van der Waals surface area contributed by atoms with Gasteiger partial charge in [-0.05, 0) is 53.6 Å². The summed E-state index contributed by atoms with van der Waals surface area (Å²) in [5.41, 5.74) is 5.10. The molecule has 31 heavy (non-hydrogen) atoms. The predicted octanol–water partition coefficient (Wildman–Crippen LogP) is 6.48. The molecule has 1 aliphatic heterocycles. The third kappa shape index (κ3) is 4.38. The first kappa shape index (κ1) is 23.7. The summed E-state index contributed by atoms with van der Waals surface area (Å²) in [5, 5.41) is 12.6. The summed E-state index contributed by atoms with van der Waals surface area (Å²) in [5.74, 6) is 0.934. The normalized spacial score (nSPS) is 20.6. The van der Waals surface area contributed by atoms with Crippen molar-refractivity contribution in [3.05, 3.63) is 64.3 Å². The van der Waals surface area contributed by atoms with E-state index in [1.807, 2.05) is 0 Å². The smallest absolute Gasteiger partial charge is 0.0904 e. The molecule has 4 heteroatoms. The fraction of sp³-hybridized carbons (Fsp3) is 0.481. The number of allylic oxidation sites excluding steroid dienone is 1. The first-order chi connectivity index (χ1) is 14.6.